The Balaban J connectivity index is 4.13. The second-order valence-electron chi connectivity index (χ2n) is 7.19. The van der Waals surface area contributed by atoms with Crippen LogP contribution in [0, 0.1) is 10.8 Å². The quantitative estimate of drug-likeness (QED) is 0.800. The third-order valence-corrected chi connectivity index (χ3v) is 3.67. The molecule has 0 aromatic heterocycles. The monoisotopic (exact) mass is 229 g/mol. The largest absolute Gasteiger partial charge is 0.393 e. The van der Waals surface area contributed by atoms with Gasteiger partial charge in [-0.05, 0) is 31.2 Å². The summed E-state index contributed by atoms with van der Waals surface area (Å²) in [5.74, 6) is 0. The summed E-state index contributed by atoms with van der Waals surface area (Å²) in [5.41, 5.74) is 0.285. The van der Waals surface area contributed by atoms with Gasteiger partial charge in [-0.15, -0.1) is 0 Å². The van der Waals surface area contributed by atoms with Gasteiger partial charge in [-0.2, -0.15) is 0 Å². The molecule has 0 heterocycles. The standard InChI is InChI=1S/C14H31NO/c1-11(13(2,3)4)15(8)10-9-12(16)14(5,6)7/h11-12,16H,9-10H2,1-8H3. The average molecular weight is 229 g/mol. The van der Waals surface area contributed by atoms with Crippen LogP contribution < -0.4 is 0 Å². The molecule has 2 atom stereocenters. The van der Waals surface area contributed by atoms with Crippen LogP contribution in [0.15, 0.2) is 0 Å². The molecular formula is C14H31NO. The minimum Gasteiger partial charge on any atom is -0.393 e. The van der Waals surface area contributed by atoms with Crippen molar-refractivity contribution in [1.29, 1.82) is 0 Å². The molecule has 0 aliphatic carbocycles. The van der Waals surface area contributed by atoms with Crippen molar-refractivity contribution in [3.8, 4) is 0 Å². The lowest BCUT2D eigenvalue weighted by atomic mass is 9.85. The second kappa shape index (κ2) is 5.50. The van der Waals surface area contributed by atoms with E-state index in [2.05, 4.69) is 60.4 Å². The highest BCUT2D eigenvalue weighted by molar-refractivity contribution is 4.79. The highest BCUT2D eigenvalue weighted by atomic mass is 16.3. The fraction of sp³-hybridized carbons (Fsp3) is 1.00. The summed E-state index contributed by atoms with van der Waals surface area (Å²) in [5, 5.41) is 9.99. The van der Waals surface area contributed by atoms with Crippen molar-refractivity contribution in [2.45, 2.75) is 67.0 Å². The van der Waals surface area contributed by atoms with Gasteiger partial charge in [-0.1, -0.05) is 41.5 Å². The summed E-state index contributed by atoms with van der Waals surface area (Å²) in [6.45, 7) is 16.2. The summed E-state index contributed by atoms with van der Waals surface area (Å²) < 4.78 is 0. The fourth-order valence-electron chi connectivity index (χ4n) is 1.61. The molecule has 0 aromatic carbocycles. The van der Waals surface area contributed by atoms with Crippen molar-refractivity contribution < 1.29 is 5.11 Å². The van der Waals surface area contributed by atoms with Gasteiger partial charge in [-0.25, -0.2) is 0 Å². The number of aliphatic hydroxyl groups is 1. The molecule has 0 fully saturated rings. The van der Waals surface area contributed by atoms with Crippen LogP contribution in [0.25, 0.3) is 0 Å². The molecule has 0 aliphatic rings. The molecule has 0 aromatic rings. The third kappa shape index (κ3) is 5.31. The number of rotatable bonds is 4. The summed E-state index contributed by atoms with van der Waals surface area (Å²) in [4.78, 5) is 2.34. The van der Waals surface area contributed by atoms with Crippen molar-refractivity contribution in [3.63, 3.8) is 0 Å². The van der Waals surface area contributed by atoms with Gasteiger partial charge in [0.15, 0.2) is 0 Å². The predicted octanol–water partition coefficient (Wildman–Crippen LogP) is 3.15. The molecule has 0 saturated carbocycles. The molecule has 2 nitrogen and oxygen atoms in total. The Bertz CT molecular complexity index is 200. The minimum absolute atomic E-state index is 0.00812. The Morgan fingerprint density at radius 2 is 1.44 bits per heavy atom. The lowest BCUT2D eigenvalue weighted by Crippen LogP contribution is -2.41. The van der Waals surface area contributed by atoms with Crippen molar-refractivity contribution >= 4 is 0 Å². The van der Waals surface area contributed by atoms with E-state index in [9.17, 15) is 5.11 Å². The van der Waals surface area contributed by atoms with E-state index < -0.39 is 0 Å². The van der Waals surface area contributed by atoms with Gasteiger partial charge in [0.25, 0.3) is 0 Å². The summed E-state index contributed by atoms with van der Waals surface area (Å²) >= 11 is 0. The first-order valence-corrected chi connectivity index (χ1v) is 6.34. The first kappa shape index (κ1) is 15.9. The Morgan fingerprint density at radius 1 is 1.00 bits per heavy atom. The number of nitrogens with zero attached hydrogens (tertiary/aromatic N) is 1. The molecule has 0 spiro atoms. The molecule has 2 unspecified atom stereocenters. The van der Waals surface area contributed by atoms with Crippen LogP contribution in [-0.2, 0) is 0 Å². The van der Waals surface area contributed by atoms with Crippen LogP contribution >= 0.6 is 0 Å². The zero-order valence-electron chi connectivity index (χ0n) is 12.5. The number of hydrogen-bond acceptors (Lipinski definition) is 2. The highest BCUT2D eigenvalue weighted by Crippen LogP contribution is 2.25. The van der Waals surface area contributed by atoms with Gasteiger partial charge in [0.1, 0.15) is 0 Å². The molecule has 0 aliphatic heterocycles. The van der Waals surface area contributed by atoms with Crippen LogP contribution in [0.4, 0.5) is 0 Å². The lowest BCUT2D eigenvalue weighted by Gasteiger charge is -2.36. The minimum atomic E-state index is -0.220. The van der Waals surface area contributed by atoms with Gasteiger partial charge < -0.3 is 10.0 Å². The first-order chi connectivity index (χ1) is 6.96. The van der Waals surface area contributed by atoms with Crippen molar-refractivity contribution in [3.05, 3.63) is 0 Å². The van der Waals surface area contributed by atoms with Crippen LogP contribution in [-0.4, -0.2) is 35.7 Å². The van der Waals surface area contributed by atoms with Crippen LogP contribution in [0.3, 0.4) is 0 Å². The molecule has 0 saturated heterocycles. The molecule has 0 amide bonds. The maximum Gasteiger partial charge on any atom is 0.0600 e. The molecule has 1 N–H and O–H groups in total. The van der Waals surface area contributed by atoms with E-state index in [1.165, 1.54) is 0 Å². The van der Waals surface area contributed by atoms with E-state index >= 15 is 0 Å². The molecular weight excluding hydrogens is 198 g/mol. The van der Waals surface area contributed by atoms with E-state index in [1.807, 2.05) is 0 Å². The van der Waals surface area contributed by atoms with Crippen LogP contribution in [0.2, 0.25) is 0 Å². The normalized spacial score (nSPS) is 17.6. The van der Waals surface area contributed by atoms with Crippen LogP contribution in [0.1, 0.15) is 54.9 Å². The molecule has 0 rings (SSSR count). The molecule has 0 bridgehead atoms. The van der Waals surface area contributed by atoms with Gasteiger partial charge in [0, 0.05) is 12.6 Å². The summed E-state index contributed by atoms with van der Waals surface area (Å²) in [6, 6.07) is 0.527. The Kier molecular flexibility index (Phi) is 5.48. The van der Waals surface area contributed by atoms with Gasteiger partial charge >= 0.3 is 0 Å². The molecule has 0 radical (unpaired) electrons. The maximum atomic E-state index is 9.99. The zero-order valence-corrected chi connectivity index (χ0v) is 12.5. The SMILES string of the molecule is CC(N(C)CCC(O)C(C)(C)C)C(C)(C)C. The van der Waals surface area contributed by atoms with Crippen molar-refractivity contribution in [2.24, 2.45) is 10.8 Å². The average Bonchev–Trinajstić information content (AvgIpc) is 2.09. The van der Waals surface area contributed by atoms with E-state index in [-0.39, 0.29) is 11.5 Å². The van der Waals surface area contributed by atoms with Gasteiger partial charge in [-0.3, -0.25) is 0 Å². The summed E-state index contributed by atoms with van der Waals surface area (Å²) in [6.07, 6.45) is 0.627. The smallest absolute Gasteiger partial charge is 0.0600 e. The van der Waals surface area contributed by atoms with Crippen molar-refractivity contribution in [1.82, 2.24) is 4.90 Å². The predicted molar refractivity (Wildman–Crippen MR) is 71.6 cm³/mol. The topological polar surface area (TPSA) is 23.5 Å². The number of hydrogen-bond donors (Lipinski definition) is 1. The number of aliphatic hydroxyl groups excluding tert-OH is 1. The van der Waals surface area contributed by atoms with E-state index in [0.29, 0.717) is 11.5 Å². The lowest BCUT2D eigenvalue weighted by molar-refractivity contribution is 0.0376. The maximum absolute atomic E-state index is 9.99. The van der Waals surface area contributed by atoms with E-state index in [0.717, 1.165) is 13.0 Å². The third-order valence-electron chi connectivity index (χ3n) is 3.67. The van der Waals surface area contributed by atoms with Crippen LogP contribution in [0.5, 0.6) is 0 Å². The Hall–Kier alpha value is -0.0800. The van der Waals surface area contributed by atoms with Crippen molar-refractivity contribution in [2.75, 3.05) is 13.6 Å². The van der Waals surface area contributed by atoms with E-state index in [4.69, 9.17) is 0 Å². The van der Waals surface area contributed by atoms with Gasteiger partial charge in [0.05, 0.1) is 6.10 Å². The zero-order chi connectivity index (χ0) is 13.1. The van der Waals surface area contributed by atoms with Gasteiger partial charge in [0.2, 0.25) is 0 Å². The fourth-order valence-corrected chi connectivity index (χ4v) is 1.61. The highest BCUT2D eigenvalue weighted by Gasteiger charge is 2.26. The first-order valence-electron chi connectivity index (χ1n) is 6.34. The van der Waals surface area contributed by atoms with E-state index in [1.54, 1.807) is 0 Å². The Morgan fingerprint density at radius 3 is 1.75 bits per heavy atom. The molecule has 16 heavy (non-hydrogen) atoms. The molecule has 98 valence electrons. The summed E-state index contributed by atoms with van der Waals surface area (Å²) in [7, 11) is 2.14. The second-order valence-corrected chi connectivity index (χ2v) is 7.19. The Labute approximate surface area is 102 Å². The molecule has 2 heteroatoms.